The van der Waals surface area contributed by atoms with Gasteiger partial charge in [0, 0.05) is 5.56 Å². The van der Waals surface area contributed by atoms with E-state index in [9.17, 15) is 18.8 Å². The Kier molecular flexibility index (Phi) is 3.66. The van der Waals surface area contributed by atoms with Gasteiger partial charge in [0.25, 0.3) is 11.1 Å². The van der Waals surface area contributed by atoms with Crippen molar-refractivity contribution in [1.29, 1.82) is 0 Å². The number of aliphatic carboxylic acids is 1. The molecular weight excluding hydrogens is 273 g/mol. The zero-order valence-electron chi connectivity index (χ0n) is 9.50. The molecule has 7 heteroatoms. The first-order valence-corrected chi connectivity index (χ1v) is 6.02. The number of hydrogen-bond donors (Lipinski definition) is 1. The number of carboxylic acid groups (broad SMARTS) is 1. The van der Waals surface area contributed by atoms with Crippen LogP contribution < -0.4 is 0 Å². The van der Waals surface area contributed by atoms with Crippen molar-refractivity contribution >= 4 is 35.0 Å². The number of carbonyl (C=O) groups is 3. The van der Waals surface area contributed by atoms with Crippen LogP contribution in [0.4, 0.5) is 9.18 Å². The van der Waals surface area contributed by atoms with Crippen LogP contribution in [0.1, 0.15) is 5.56 Å². The number of amides is 2. The quantitative estimate of drug-likeness (QED) is 0.857. The van der Waals surface area contributed by atoms with Crippen molar-refractivity contribution in [2.45, 2.75) is 0 Å². The lowest BCUT2D eigenvalue weighted by atomic mass is 10.2. The van der Waals surface area contributed by atoms with Crippen LogP contribution in [-0.4, -0.2) is 33.7 Å². The van der Waals surface area contributed by atoms with Gasteiger partial charge in [0.1, 0.15) is 12.4 Å². The summed E-state index contributed by atoms with van der Waals surface area (Å²) in [6.07, 6.45) is 1.24. The molecule has 0 saturated carbocycles. The van der Waals surface area contributed by atoms with Crippen LogP contribution in [0.25, 0.3) is 6.08 Å². The van der Waals surface area contributed by atoms with Gasteiger partial charge in [0.05, 0.1) is 4.91 Å². The second-order valence-electron chi connectivity index (χ2n) is 3.68. The van der Waals surface area contributed by atoms with Crippen molar-refractivity contribution in [3.05, 3.63) is 40.6 Å². The molecule has 1 aliphatic rings. The van der Waals surface area contributed by atoms with Crippen molar-refractivity contribution in [3.63, 3.8) is 0 Å². The summed E-state index contributed by atoms with van der Waals surface area (Å²) in [6.45, 7) is -0.695. The molecule has 1 saturated heterocycles. The molecule has 1 fully saturated rings. The van der Waals surface area contributed by atoms with Crippen LogP contribution in [-0.2, 0) is 9.59 Å². The lowest BCUT2D eigenvalue weighted by Crippen LogP contribution is -2.33. The maximum Gasteiger partial charge on any atom is 0.323 e. The Hall–Kier alpha value is -2.15. The predicted molar refractivity (Wildman–Crippen MR) is 66.7 cm³/mol. The summed E-state index contributed by atoms with van der Waals surface area (Å²) >= 11 is 0.596. The van der Waals surface area contributed by atoms with Gasteiger partial charge in [-0.25, -0.2) is 4.39 Å². The SMILES string of the molecule is O=C(O)CN1C(=O)S/C(=C\c2ccccc2F)C1=O. The van der Waals surface area contributed by atoms with Crippen molar-refractivity contribution < 1.29 is 23.9 Å². The molecule has 1 aromatic rings. The van der Waals surface area contributed by atoms with E-state index in [1.807, 2.05) is 0 Å². The number of rotatable bonds is 3. The minimum atomic E-state index is -1.28. The number of benzene rings is 1. The highest BCUT2D eigenvalue weighted by atomic mass is 32.2. The highest BCUT2D eigenvalue weighted by Crippen LogP contribution is 2.32. The summed E-state index contributed by atoms with van der Waals surface area (Å²) < 4.78 is 13.4. The Bertz CT molecular complexity index is 599. The minimum Gasteiger partial charge on any atom is -0.480 e. The molecule has 0 aliphatic carbocycles. The molecule has 1 N–H and O–H groups in total. The van der Waals surface area contributed by atoms with Crippen molar-refractivity contribution in [2.75, 3.05) is 6.54 Å². The van der Waals surface area contributed by atoms with Crippen LogP contribution in [0.2, 0.25) is 0 Å². The molecule has 0 aromatic heterocycles. The van der Waals surface area contributed by atoms with Gasteiger partial charge in [-0.05, 0) is 23.9 Å². The molecule has 1 aromatic carbocycles. The van der Waals surface area contributed by atoms with Crippen molar-refractivity contribution in [2.24, 2.45) is 0 Å². The molecule has 1 aliphatic heterocycles. The van der Waals surface area contributed by atoms with E-state index in [0.717, 1.165) is 0 Å². The normalized spacial score (nSPS) is 17.3. The molecule has 1 heterocycles. The maximum absolute atomic E-state index is 13.4. The zero-order chi connectivity index (χ0) is 14.0. The Balaban J connectivity index is 2.28. The van der Waals surface area contributed by atoms with E-state index < -0.39 is 29.5 Å². The summed E-state index contributed by atoms with van der Waals surface area (Å²) in [7, 11) is 0. The van der Waals surface area contributed by atoms with Gasteiger partial charge in [0.15, 0.2) is 0 Å². The average molecular weight is 281 g/mol. The van der Waals surface area contributed by atoms with Crippen LogP contribution in [0.3, 0.4) is 0 Å². The minimum absolute atomic E-state index is 0.0105. The highest BCUT2D eigenvalue weighted by molar-refractivity contribution is 8.18. The highest BCUT2D eigenvalue weighted by Gasteiger charge is 2.36. The Morgan fingerprint density at radius 2 is 2.05 bits per heavy atom. The number of carboxylic acids is 1. The summed E-state index contributed by atoms with van der Waals surface area (Å²) in [5, 5.41) is 7.92. The maximum atomic E-state index is 13.4. The topological polar surface area (TPSA) is 74.7 Å². The van der Waals surface area contributed by atoms with Crippen LogP contribution in [0, 0.1) is 5.82 Å². The standard InChI is InChI=1S/C12H8FNO4S/c13-8-4-2-1-3-7(8)5-9-11(17)14(6-10(15)16)12(18)19-9/h1-5H,6H2,(H,15,16)/b9-5-. The third-order valence-corrected chi connectivity index (χ3v) is 3.27. The summed E-state index contributed by atoms with van der Waals surface area (Å²) in [5.41, 5.74) is 0.170. The van der Waals surface area contributed by atoms with Crippen molar-refractivity contribution in [1.82, 2.24) is 4.90 Å². The van der Waals surface area contributed by atoms with E-state index in [-0.39, 0.29) is 10.5 Å². The molecular formula is C12H8FNO4S. The van der Waals surface area contributed by atoms with Crippen molar-refractivity contribution in [3.8, 4) is 0 Å². The van der Waals surface area contributed by atoms with E-state index >= 15 is 0 Å². The lowest BCUT2D eigenvalue weighted by molar-refractivity contribution is -0.140. The Morgan fingerprint density at radius 3 is 2.68 bits per heavy atom. The second kappa shape index (κ2) is 5.23. The van der Waals surface area contributed by atoms with Crippen LogP contribution in [0.15, 0.2) is 29.2 Å². The largest absolute Gasteiger partial charge is 0.480 e. The van der Waals surface area contributed by atoms with E-state index in [4.69, 9.17) is 5.11 Å². The fraction of sp³-hybridized carbons (Fsp3) is 0.0833. The van der Waals surface area contributed by atoms with Gasteiger partial charge in [-0.15, -0.1) is 0 Å². The van der Waals surface area contributed by atoms with Gasteiger partial charge in [-0.3, -0.25) is 19.3 Å². The number of carbonyl (C=O) groups excluding carboxylic acids is 2. The summed E-state index contributed by atoms with van der Waals surface area (Å²) in [5.74, 6) is -2.53. The van der Waals surface area contributed by atoms with E-state index in [0.29, 0.717) is 16.7 Å². The van der Waals surface area contributed by atoms with Gasteiger partial charge < -0.3 is 5.11 Å². The smallest absolute Gasteiger partial charge is 0.323 e. The van der Waals surface area contributed by atoms with Gasteiger partial charge >= 0.3 is 5.97 Å². The molecule has 98 valence electrons. The second-order valence-corrected chi connectivity index (χ2v) is 4.68. The molecule has 2 amide bonds. The molecule has 2 rings (SSSR count). The first-order chi connectivity index (χ1) is 8.99. The molecule has 0 spiro atoms. The number of hydrogen-bond acceptors (Lipinski definition) is 4. The Labute approximate surface area is 111 Å². The third-order valence-electron chi connectivity index (χ3n) is 2.36. The fourth-order valence-corrected chi connectivity index (χ4v) is 2.33. The van der Waals surface area contributed by atoms with Gasteiger partial charge in [0.2, 0.25) is 0 Å². The van der Waals surface area contributed by atoms with E-state index in [2.05, 4.69) is 0 Å². The summed E-state index contributed by atoms with van der Waals surface area (Å²) in [4.78, 5) is 34.4. The average Bonchev–Trinajstić information content (AvgIpc) is 2.60. The first kappa shape index (κ1) is 13.3. The zero-order valence-corrected chi connectivity index (χ0v) is 10.3. The number of imide groups is 1. The van der Waals surface area contributed by atoms with E-state index in [1.165, 1.54) is 24.3 Å². The van der Waals surface area contributed by atoms with Crippen LogP contribution in [0.5, 0.6) is 0 Å². The first-order valence-electron chi connectivity index (χ1n) is 5.20. The monoisotopic (exact) mass is 281 g/mol. The predicted octanol–water partition coefficient (Wildman–Crippen LogP) is 1.95. The molecule has 0 radical (unpaired) electrons. The third kappa shape index (κ3) is 2.82. The molecule has 0 bridgehead atoms. The fourth-order valence-electron chi connectivity index (χ4n) is 1.50. The number of thioether (sulfide) groups is 1. The van der Waals surface area contributed by atoms with Gasteiger partial charge in [-0.2, -0.15) is 0 Å². The Morgan fingerprint density at radius 1 is 1.37 bits per heavy atom. The van der Waals surface area contributed by atoms with Gasteiger partial charge in [-0.1, -0.05) is 18.2 Å². The lowest BCUT2D eigenvalue weighted by Gasteiger charge is -2.07. The number of nitrogens with zero attached hydrogens (tertiary/aromatic N) is 1. The molecule has 0 unspecified atom stereocenters. The molecule has 0 atom stereocenters. The molecule has 5 nitrogen and oxygen atoms in total. The number of halogens is 1. The van der Waals surface area contributed by atoms with E-state index in [1.54, 1.807) is 6.07 Å². The summed E-state index contributed by atoms with van der Waals surface area (Å²) in [6, 6.07) is 5.78. The van der Waals surface area contributed by atoms with Crippen LogP contribution >= 0.6 is 11.8 Å². The molecule has 19 heavy (non-hydrogen) atoms.